The van der Waals surface area contributed by atoms with Crippen LogP contribution in [-0.2, 0) is 4.74 Å². The van der Waals surface area contributed by atoms with E-state index in [1.54, 1.807) is 0 Å². The molecule has 0 unspecified atom stereocenters. The zero-order valence-corrected chi connectivity index (χ0v) is 14.7. The van der Waals surface area contributed by atoms with Crippen LogP contribution in [0.5, 0.6) is 0 Å². The maximum atomic E-state index is 12.5. The van der Waals surface area contributed by atoms with E-state index in [0.29, 0.717) is 19.7 Å². The van der Waals surface area contributed by atoms with Crippen molar-refractivity contribution in [3.8, 4) is 0 Å². The summed E-state index contributed by atoms with van der Waals surface area (Å²) < 4.78 is 11.3. The van der Waals surface area contributed by atoms with Gasteiger partial charge in [0.1, 0.15) is 11.5 Å². The van der Waals surface area contributed by atoms with E-state index in [0.717, 1.165) is 30.8 Å². The molecule has 1 aromatic rings. The minimum atomic E-state index is -0.302. The summed E-state index contributed by atoms with van der Waals surface area (Å²) in [6.07, 6.45) is 2.13. The Bertz CT molecular complexity index is 575. The Morgan fingerprint density at radius 3 is 2.75 bits per heavy atom. The Kier molecular flexibility index (Phi) is 4.88. The third kappa shape index (κ3) is 3.05. The predicted octanol–water partition coefficient (Wildman–Crippen LogP) is 2.61. The van der Waals surface area contributed by atoms with Gasteiger partial charge < -0.3 is 24.5 Å². The number of hydrogen-bond acceptors (Lipinski definition) is 4. The van der Waals surface area contributed by atoms with Crippen LogP contribution in [0, 0.1) is 12.3 Å². The Morgan fingerprint density at radius 1 is 1.50 bits per heavy atom. The molecule has 1 aliphatic carbocycles. The Balaban J connectivity index is 1.53. The quantitative estimate of drug-likeness (QED) is 0.886. The molecule has 1 aliphatic heterocycles. The number of urea groups is 1. The summed E-state index contributed by atoms with van der Waals surface area (Å²) in [5, 5.41) is 13.2. The van der Waals surface area contributed by atoms with Crippen molar-refractivity contribution in [2.75, 3.05) is 19.7 Å². The minimum Gasteiger partial charge on any atom is -0.464 e. The van der Waals surface area contributed by atoms with Crippen LogP contribution < -0.4 is 5.32 Å². The molecule has 2 aliphatic rings. The van der Waals surface area contributed by atoms with Gasteiger partial charge in [-0.1, -0.05) is 0 Å². The summed E-state index contributed by atoms with van der Waals surface area (Å²) in [5.41, 5.74) is -0.156. The number of carbonyl (C=O) groups excluding carboxylic acids is 1. The second-order valence-corrected chi connectivity index (χ2v) is 7.04. The van der Waals surface area contributed by atoms with Gasteiger partial charge in [-0.25, -0.2) is 4.79 Å². The molecule has 6 nitrogen and oxygen atoms in total. The minimum absolute atomic E-state index is 0.0758. The first kappa shape index (κ1) is 17.3. The monoisotopic (exact) mass is 336 g/mol. The number of nitrogens with zero attached hydrogens (tertiary/aromatic N) is 1. The molecule has 134 valence electrons. The molecule has 0 aromatic carbocycles. The van der Waals surface area contributed by atoms with Gasteiger partial charge >= 0.3 is 6.03 Å². The number of amides is 2. The number of hydrogen-bond donors (Lipinski definition) is 2. The van der Waals surface area contributed by atoms with Crippen LogP contribution in [0.1, 0.15) is 50.7 Å². The summed E-state index contributed by atoms with van der Waals surface area (Å²) >= 11 is 0. The third-order valence-corrected chi connectivity index (χ3v) is 5.62. The van der Waals surface area contributed by atoms with Gasteiger partial charge in [0.25, 0.3) is 0 Å². The zero-order valence-electron chi connectivity index (χ0n) is 14.7. The zero-order chi connectivity index (χ0) is 17.3. The molecule has 3 atom stereocenters. The smallest absolute Gasteiger partial charge is 0.317 e. The van der Waals surface area contributed by atoms with Gasteiger partial charge in [-0.3, -0.25) is 0 Å². The lowest BCUT2D eigenvalue weighted by Gasteiger charge is -2.56. The van der Waals surface area contributed by atoms with E-state index in [1.807, 2.05) is 37.8 Å². The summed E-state index contributed by atoms with van der Waals surface area (Å²) in [4.78, 5) is 14.3. The standard InChI is InChI=1S/C18H28N2O4/c1-4-23-16-11-15(21)18(16)7-9-20(10-8-18)17(22)19-13(3)14-6-5-12(2)24-14/h5-6,13,15-16,21H,4,7-11H2,1-3H3,(H,19,22)/t13-,15+,16+/m0/s1. The highest BCUT2D eigenvalue weighted by Crippen LogP contribution is 2.50. The summed E-state index contributed by atoms with van der Waals surface area (Å²) in [6.45, 7) is 7.76. The molecular weight excluding hydrogens is 308 g/mol. The largest absolute Gasteiger partial charge is 0.464 e. The summed E-state index contributed by atoms with van der Waals surface area (Å²) in [5.74, 6) is 1.60. The van der Waals surface area contributed by atoms with Crippen LogP contribution in [0.2, 0.25) is 0 Å². The van der Waals surface area contributed by atoms with Crippen molar-refractivity contribution < 1.29 is 19.1 Å². The van der Waals surface area contributed by atoms with Crippen molar-refractivity contribution in [1.29, 1.82) is 0 Å². The van der Waals surface area contributed by atoms with E-state index in [2.05, 4.69) is 5.32 Å². The van der Waals surface area contributed by atoms with Crippen LogP contribution >= 0.6 is 0 Å². The molecule has 2 N–H and O–H groups in total. The Hall–Kier alpha value is -1.53. The molecule has 1 aromatic heterocycles. The van der Waals surface area contributed by atoms with Gasteiger partial charge in [-0.2, -0.15) is 0 Å². The molecule has 2 amide bonds. The first-order chi connectivity index (χ1) is 11.5. The molecule has 0 radical (unpaired) electrons. The van der Waals surface area contributed by atoms with Gasteiger partial charge in [0.2, 0.25) is 0 Å². The maximum Gasteiger partial charge on any atom is 0.317 e. The fourth-order valence-electron chi connectivity index (χ4n) is 3.98. The van der Waals surface area contributed by atoms with E-state index in [9.17, 15) is 9.90 Å². The molecule has 1 saturated carbocycles. The number of ether oxygens (including phenoxy) is 1. The van der Waals surface area contributed by atoms with Crippen LogP contribution in [-0.4, -0.2) is 47.9 Å². The predicted molar refractivity (Wildman–Crippen MR) is 89.7 cm³/mol. The second-order valence-electron chi connectivity index (χ2n) is 7.04. The van der Waals surface area contributed by atoms with Crippen LogP contribution in [0.4, 0.5) is 4.79 Å². The average molecular weight is 336 g/mol. The van der Waals surface area contributed by atoms with Gasteiger partial charge in [0.15, 0.2) is 0 Å². The van der Waals surface area contributed by atoms with Crippen molar-refractivity contribution in [2.45, 2.75) is 58.3 Å². The van der Waals surface area contributed by atoms with Crippen molar-refractivity contribution in [3.05, 3.63) is 23.7 Å². The summed E-state index contributed by atoms with van der Waals surface area (Å²) in [7, 11) is 0. The van der Waals surface area contributed by atoms with E-state index >= 15 is 0 Å². The van der Waals surface area contributed by atoms with Gasteiger partial charge in [-0.15, -0.1) is 0 Å². The van der Waals surface area contributed by atoms with E-state index < -0.39 is 0 Å². The molecule has 1 spiro atoms. The lowest BCUT2D eigenvalue weighted by molar-refractivity contribution is -0.207. The lowest BCUT2D eigenvalue weighted by Crippen LogP contribution is -2.63. The highest BCUT2D eigenvalue weighted by molar-refractivity contribution is 5.74. The first-order valence-electron chi connectivity index (χ1n) is 8.87. The van der Waals surface area contributed by atoms with Crippen LogP contribution in [0.15, 0.2) is 16.5 Å². The van der Waals surface area contributed by atoms with Crippen molar-refractivity contribution >= 4 is 6.03 Å². The third-order valence-electron chi connectivity index (χ3n) is 5.62. The number of furan rings is 1. The van der Waals surface area contributed by atoms with Gasteiger partial charge in [-0.05, 0) is 45.7 Å². The van der Waals surface area contributed by atoms with Crippen molar-refractivity contribution in [1.82, 2.24) is 10.2 Å². The molecular formula is C18H28N2O4. The highest BCUT2D eigenvalue weighted by Gasteiger charge is 2.56. The van der Waals surface area contributed by atoms with Gasteiger partial charge in [0, 0.05) is 31.5 Å². The summed E-state index contributed by atoms with van der Waals surface area (Å²) in [6, 6.07) is 3.55. The van der Waals surface area contributed by atoms with Crippen molar-refractivity contribution in [3.63, 3.8) is 0 Å². The number of nitrogens with one attached hydrogen (secondary N) is 1. The average Bonchev–Trinajstić information content (AvgIpc) is 3.01. The van der Waals surface area contributed by atoms with Crippen LogP contribution in [0.3, 0.4) is 0 Å². The highest BCUT2D eigenvalue weighted by atomic mass is 16.5. The number of aliphatic hydroxyl groups is 1. The first-order valence-corrected chi connectivity index (χ1v) is 8.87. The van der Waals surface area contributed by atoms with Crippen LogP contribution in [0.25, 0.3) is 0 Å². The molecule has 24 heavy (non-hydrogen) atoms. The fraction of sp³-hybridized carbons (Fsp3) is 0.722. The molecule has 1 saturated heterocycles. The molecule has 0 bridgehead atoms. The Labute approximate surface area is 143 Å². The Morgan fingerprint density at radius 2 is 2.21 bits per heavy atom. The molecule has 2 heterocycles. The molecule has 6 heteroatoms. The topological polar surface area (TPSA) is 74.9 Å². The maximum absolute atomic E-state index is 12.5. The van der Waals surface area contributed by atoms with Crippen molar-refractivity contribution in [2.24, 2.45) is 5.41 Å². The molecule has 3 rings (SSSR count). The van der Waals surface area contributed by atoms with E-state index in [-0.39, 0.29) is 29.7 Å². The van der Waals surface area contributed by atoms with E-state index in [1.165, 1.54) is 0 Å². The number of carbonyl (C=O) groups is 1. The molecule has 2 fully saturated rings. The fourth-order valence-corrected chi connectivity index (χ4v) is 3.98. The number of piperidine rings is 1. The van der Waals surface area contributed by atoms with E-state index in [4.69, 9.17) is 9.15 Å². The second kappa shape index (κ2) is 6.76. The SMILES string of the molecule is CCO[C@@H]1C[C@@H](O)C12CCN(C(=O)N[C@@H](C)c1ccc(C)o1)CC2. The number of aliphatic hydroxyl groups excluding tert-OH is 1. The number of rotatable bonds is 4. The lowest BCUT2D eigenvalue weighted by atomic mass is 9.58. The number of likely N-dealkylation sites (tertiary alicyclic amines) is 1. The number of aryl methyl sites for hydroxylation is 1. The normalized spacial score (nSPS) is 26.9. The van der Waals surface area contributed by atoms with Gasteiger partial charge in [0.05, 0.1) is 18.2 Å².